The predicted molar refractivity (Wildman–Crippen MR) is 546 cm³/mol. The minimum atomic E-state index is -0.702. The number of alkyl halides is 1. The van der Waals surface area contributed by atoms with Gasteiger partial charge in [-0.05, 0) is 278 Å². The van der Waals surface area contributed by atoms with E-state index in [1.165, 1.54) is 56.5 Å². The van der Waals surface area contributed by atoms with Crippen molar-refractivity contribution in [3.63, 3.8) is 0 Å². The fourth-order valence-electron chi connectivity index (χ4n) is 19.2. The molecule has 6 atom stereocenters. The van der Waals surface area contributed by atoms with Crippen molar-refractivity contribution in [3.8, 4) is 17.2 Å². The third kappa shape index (κ3) is 20.2. The van der Waals surface area contributed by atoms with E-state index in [2.05, 4.69) is 98.9 Å². The molecule has 0 saturated carbocycles. The third-order valence-electron chi connectivity index (χ3n) is 25.4. The fraction of sp³-hybridized carbons (Fsp3) is 0.217. The van der Waals surface area contributed by atoms with Gasteiger partial charge in [-0.1, -0.05) is 164 Å². The number of anilines is 1. The molecule has 5 aliphatic heterocycles. The van der Waals surface area contributed by atoms with Gasteiger partial charge in [0.2, 0.25) is 0 Å². The molecule has 6 aromatic heterocycles. The van der Waals surface area contributed by atoms with E-state index in [-0.39, 0.29) is 54.2 Å². The van der Waals surface area contributed by atoms with E-state index in [0.29, 0.717) is 83.0 Å². The molecule has 6 unspecified atom stereocenters. The lowest BCUT2D eigenvalue weighted by molar-refractivity contribution is 0.0827. The molecular formula is C106H94BrCl7FN13O9. The number of ether oxygens (including phenoxy) is 5. The van der Waals surface area contributed by atoms with Crippen molar-refractivity contribution in [1.82, 2.24) is 59.4 Å². The molecule has 31 heteroatoms. The molecule has 137 heavy (non-hydrogen) atoms. The number of carbonyl (C=O) groups excluding carboxylic acids is 4. The number of nitrogens with zero attached hydrogens (tertiary/aromatic N) is 6. The smallest absolute Gasteiger partial charge is 0.412 e. The monoisotopic (exact) mass is 2040 g/mol. The van der Waals surface area contributed by atoms with Gasteiger partial charge in [0.25, 0.3) is 0 Å². The first-order valence-electron chi connectivity index (χ1n) is 44.9. The van der Waals surface area contributed by atoms with E-state index in [1.807, 2.05) is 194 Å². The molecule has 0 radical (unpaired) electrons. The minimum Gasteiger partial charge on any atom is -0.497 e. The number of aromatic nitrogens is 7. The summed E-state index contributed by atoms with van der Waals surface area (Å²) in [5.74, 6) is 1.15. The molecule has 22 rings (SSSR count). The Bertz CT molecular complexity index is 7280. The molecule has 11 aromatic carbocycles. The molecule has 0 saturated heterocycles. The normalized spacial score (nSPS) is 16.5. The summed E-state index contributed by atoms with van der Waals surface area (Å²) in [5.41, 5.74) is 22.4. The van der Waals surface area contributed by atoms with Gasteiger partial charge in [0.15, 0.2) is 5.56 Å². The van der Waals surface area contributed by atoms with Gasteiger partial charge in [0.05, 0.1) is 45.8 Å². The highest BCUT2D eigenvalue weighted by Gasteiger charge is 2.41. The fourth-order valence-corrected chi connectivity index (χ4v) is 20.7. The Morgan fingerprint density at radius 2 is 0.847 bits per heavy atom. The molecule has 7 N–H and O–H groups in total. The summed E-state index contributed by atoms with van der Waals surface area (Å²) in [7, 11) is 3.25. The molecule has 22 nitrogen and oxygen atoms in total. The Kier molecular flexibility index (Phi) is 28.9. The number of benzene rings is 11. The molecule has 0 spiro atoms. The number of rotatable bonds is 12. The average molecular weight is 2040 g/mol. The Hall–Kier alpha value is -12.6. The highest BCUT2D eigenvalue weighted by atomic mass is 79.9. The van der Waals surface area contributed by atoms with E-state index >= 15 is 0 Å². The van der Waals surface area contributed by atoms with Crippen LogP contribution in [0.25, 0.3) is 60.2 Å². The number of methoxy groups -OCH3 is 2. The number of carbonyl (C=O) groups is 4. The van der Waals surface area contributed by atoms with E-state index in [0.717, 1.165) is 147 Å². The molecular weight excluding hydrogens is 1950 g/mol. The number of amides is 5. The van der Waals surface area contributed by atoms with Crippen LogP contribution in [-0.4, -0.2) is 144 Å². The molecule has 5 amide bonds. The van der Waals surface area contributed by atoms with E-state index < -0.39 is 11.7 Å². The maximum absolute atomic E-state index is 13.3. The Morgan fingerprint density at radius 1 is 0.453 bits per heavy atom. The largest absolute Gasteiger partial charge is 0.497 e. The zero-order valence-corrected chi connectivity index (χ0v) is 81.8. The van der Waals surface area contributed by atoms with Crippen molar-refractivity contribution >= 4 is 182 Å². The van der Waals surface area contributed by atoms with Crippen LogP contribution in [0.5, 0.6) is 11.5 Å². The quantitative estimate of drug-likeness (QED) is 0.0448. The number of aromatic amines is 5. The van der Waals surface area contributed by atoms with Gasteiger partial charge >= 0.3 is 24.3 Å². The molecule has 11 heterocycles. The topological polar surface area (TPSA) is 248 Å². The molecule has 700 valence electrons. The maximum atomic E-state index is 13.3. The van der Waals surface area contributed by atoms with Gasteiger partial charge in [-0.25, -0.2) is 28.6 Å². The van der Waals surface area contributed by atoms with Crippen molar-refractivity contribution in [1.29, 1.82) is 0 Å². The van der Waals surface area contributed by atoms with Gasteiger partial charge in [0.1, 0.15) is 35.4 Å². The second-order valence-electron chi connectivity index (χ2n) is 33.5. The summed E-state index contributed by atoms with van der Waals surface area (Å²) in [6.45, 7) is 9.11. The molecule has 0 aliphatic carbocycles. The first-order valence-corrected chi connectivity index (χ1v) is 48.4. The summed E-state index contributed by atoms with van der Waals surface area (Å²) in [4.78, 5) is 80.2. The SMILES string of the molecule is CCOC(=O)N1CCc2c([nH]c3ccc(Cl)cc23)C1c1ccc(-n2ccnc2)cc1.CCOC(=O)N1CCc2c([nH]c3ccc(Cl)cc23)C1c1ccccc1Cl.COc1ccc(C2c3[nH]c4ccc(Cl)cc4c3CCN2C(=O)Nc2ccc(F)cc2)cc1.COc1ccc(C2c3[nH]c4ccc(Cl)cc4c3CCN2C(=O)OC(C)Cl)cc1.Clc1ccc(C2NCCc3c2[nH]c2ccc(Br)cc32)cc1. The van der Waals surface area contributed by atoms with Crippen LogP contribution in [0.1, 0.15) is 135 Å². The van der Waals surface area contributed by atoms with Gasteiger partial charge in [-0.15, -0.1) is 0 Å². The summed E-state index contributed by atoms with van der Waals surface area (Å²) >= 11 is 46.9. The molecule has 5 aliphatic rings. The lowest BCUT2D eigenvalue weighted by Gasteiger charge is -2.36. The Morgan fingerprint density at radius 3 is 1.29 bits per heavy atom. The number of imidazole rings is 1. The van der Waals surface area contributed by atoms with Gasteiger partial charge < -0.3 is 68.7 Å². The van der Waals surface area contributed by atoms with Crippen LogP contribution < -0.4 is 20.1 Å². The minimum absolute atomic E-state index is 0.206. The van der Waals surface area contributed by atoms with Crippen molar-refractivity contribution in [2.45, 2.75) is 88.6 Å². The number of fused-ring (bicyclic) bond motifs is 15. The number of hydrogen-bond donors (Lipinski definition) is 7. The Balaban J connectivity index is 0.000000115. The first-order chi connectivity index (χ1) is 66.5. The Labute approximate surface area is 833 Å². The molecule has 0 bridgehead atoms. The first kappa shape index (κ1) is 94.8. The summed E-state index contributed by atoms with van der Waals surface area (Å²) < 4.78 is 42.9. The lowest BCUT2D eigenvalue weighted by Crippen LogP contribution is -2.43. The van der Waals surface area contributed by atoms with E-state index in [4.69, 9.17) is 105 Å². The maximum Gasteiger partial charge on any atom is 0.412 e. The van der Waals surface area contributed by atoms with Crippen LogP contribution in [0, 0.1) is 5.82 Å². The predicted octanol–water partition coefficient (Wildman–Crippen LogP) is 27.2. The number of urea groups is 1. The summed E-state index contributed by atoms with van der Waals surface area (Å²) in [5, 5.41) is 16.3. The number of nitrogens with one attached hydrogen (secondary N) is 7. The van der Waals surface area contributed by atoms with Gasteiger partial charge in [-0.2, -0.15) is 0 Å². The highest BCUT2D eigenvalue weighted by Crippen LogP contribution is 2.47. The second-order valence-corrected chi connectivity index (χ2v) is 37.6. The number of halogens is 9. The van der Waals surface area contributed by atoms with Gasteiger partial charge in [0, 0.05) is 174 Å². The van der Waals surface area contributed by atoms with Crippen LogP contribution in [0.3, 0.4) is 0 Å². The number of hydrogen-bond acceptors (Lipinski definition) is 11. The van der Waals surface area contributed by atoms with Crippen LogP contribution in [0.4, 0.5) is 29.3 Å². The summed E-state index contributed by atoms with van der Waals surface area (Å²) in [6, 6.07) is 73.4. The average Bonchev–Trinajstić information content (AvgIpc) is 1.51. The zero-order valence-electron chi connectivity index (χ0n) is 75.0. The van der Waals surface area contributed by atoms with Crippen molar-refractivity contribution in [2.24, 2.45) is 0 Å². The van der Waals surface area contributed by atoms with Crippen molar-refractivity contribution in [2.75, 3.05) is 65.5 Å². The van der Waals surface area contributed by atoms with Crippen LogP contribution in [0.15, 0.2) is 260 Å². The summed E-state index contributed by atoms with van der Waals surface area (Å²) in [6.07, 6.45) is 8.27. The van der Waals surface area contributed by atoms with E-state index in [1.54, 1.807) is 65.4 Å². The lowest BCUT2D eigenvalue weighted by atomic mass is 9.92. The molecule has 17 aromatic rings. The zero-order chi connectivity index (χ0) is 95.4. The van der Waals surface area contributed by atoms with Crippen LogP contribution in [0.2, 0.25) is 30.1 Å². The highest BCUT2D eigenvalue weighted by molar-refractivity contribution is 9.10. The van der Waals surface area contributed by atoms with Crippen molar-refractivity contribution < 1.29 is 47.3 Å². The van der Waals surface area contributed by atoms with Gasteiger partial charge in [-0.3, -0.25) is 14.7 Å². The van der Waals surface area contributed by atoms with Crippen LogP contribution in [-0.2, 0) is 46.3 Å². The second kappa shape index (κ2) is 41.8. The molecule has 0 fully saturated rings. The third-order valence-corrected chi connectivity index (χ3v) is 27.5. The van der Waals surface area contributed by atoms with E-state index in [9.17, 15) is 23.6 Å². The van der Waals surface area contributed by atoms with Crippen LogP contribution >= 0.6 is 97.1 Å². The van der Waals surface area contributed by atoms with Crippen molar-refractivity contribution in [3.05, 3.63) is 380 Å². The standard InChI is InChI=1S/C25H21ClFN3O2.C23H21ClN4O2.C21H20Cl2N2O3.C20H18Cl2N2O2.C17H14BrClN2/c1-32-19-9-2-15(3-10-19)24-23-20(21-14-16(26)4-11-22(21)29-23)12-13-30(24)25(31)28-18-7-5-17(27)6-8-18;1-2-30-23(29)28-11-9-18-19-13-16(24)5-8-20(19)26-21(18)22(28)15-3-6-17(7-4-15)27-12-10-25-14-27;1-12(22)28-21(26)25-10-9-16-17-11-14(23)5-8-18(17)24-19(16)20(25)13-3-6-15(27-2)7-4-13;1-2-26-20(25)24-10-9-13-15-11-12(21)7-8-17(15)23-18(13)19(24)14-5-3-4-6-16(14)22;18-11-3-6-15-14(9-11)13-7-8-20-16(17(13)21-15)10-1-4-12(19)5-2-10/h2-11,14,24,29H,12-13H2,1H3,(H,28,31);3-8,10,12-14,22,26H,2,9,11H2,1H3;3-8,11-12,20,24H,9-10H2,1-2H3;3-8,11,19,23H,2,9-10H2,1H3;1-6,9,16,20-21H,7-8H2. The number of H-pyrrole nitrogens is 5.